The Balaban J connectivity index is 1.71. The highest BCUT2D eigenvalue weighted by molar-refractivity contribution is 7.91. The lowest BCUT2D eigenvalue weighted by atomic mass is 10.1. The van der Waals surface area contributed by atoms with Gasteiger partial charge < -0.3 is 0 Å². The summed E-state index contributed by atoms with van der Waals surface area (Å²) in [6, 6.07) is 12.7. The van der Waals surface area contributed by atoms with Crippen LogP contribution in [0.25, 0.3) is 11.0 Å². The number of fused-ring (bicyclic) bond motifs is 1. The first-order valence-electron chi connectivity index (χ1n) is 9.34. The molecule has 1 atom stereocenters. The molecular formula is C20H20N4O5S. The van der Waals surface area contributed by atoms with Gasteiger partial charge in [0.1, 0.15) is 6.04 Å². The Morgan fingerprint density at radius 3 is 2.50 bits per heavy atom. The van der Waals surface area contributed by atoms with E-state index in [0.717, 1.165) is 0 Å². The van der Waals surface area contributed by atoms with Crippen molar-refractivity contribution in [3.8, 4) is 0 Å². The van der Waals surface area contributed by atoms with Crippen molar-refractivity contribution in [2.24, 2.45) is 7.05 Å². The summed E-state index contributed by atoms with van der Waals surface area (Å²) in [4.78, 5) is 36.6. The monoisotopic (exact) mass is 428 g/mol. The zero-order valence-electron chi connectivity index (χ0n) is 16.2. The fourth-order valence-corrected chi connectivity index (χ4v) is 4.86. The second-order valence-corrected chi connectivity index (χ2v) is 8.95. The molecule has 1 aliphatic heterocycles. The number of amides is 2. The van der Waals surface area contributed by atoms with Gasteiger partial charge in [0.2, 0.25) is 21.8 Å². The third-order valence-electron chi connectivity index (χ3n) is 5.08. The number of nitrogens with one attached hydrogen (secondary N) is 2. The van der Waals surface area contributed by atoms with Crippen LogP contribution in [0.3, 0.4) is 0 Å². The van der Waals surface area contributed by atoms with Crippen molar-refractivity contribution in [3.63, 3.8) is 0 Å². The summed E-state index contributed by atoms with van der Waals surface area (Å²) in [6.45, 7) is 0. The fourth-order valence-electron chi connectivity index (χ4n) is 3.67. The SMILES string of the molecule is Cn1c(=O)n(C2CCC(=O)NC2=O)c2cc(NS(=O)(=O)Cc3ccccc3)ccc21. The van der Waals surface area contributed by atoms with Gasteiger partial charge in [0.15, 0.2) is 0 Å². The van der Waals surface area contributed by atoms with E-state index >= 15 is 0 Å². The predicted octanol–water partition coefficient (Wildman–Crippen LogP) is 1.26. The maximum atomic E-state index is 12.8. The van der Waals surface area contributed by atoms with E-state index in [4.69, 9.17) is 0 Å². The first-order chi connectivity index (χ1) is 14.2. The second kappa shape index (κ2) is 7.45. The van der Waals surface area contributed by atoms with Crippen LogP contribution < -0.4 is 15.7 Å². The third-order valence-corrected chi connectivity index (χ3v) is 6.34. The Labute approximate surface area is 172 Å². The molecule has 2 aromatic carbocycles. The second-order valence-electron chi connectivity index (χ2n) is 7.23. The Morgan fingerprint density at radius 2 is 1.80 bits per heavy atom. The first-order valence-corrected chi connectivity index (χ1v) is 11.0. The average Bonchev–Trinajstić information content (AvgIpc) is 2.92. The number of hydrogen-bond donors (Lipinski definition) is 2. The van der Waals surface area contributed by atoms with E-state index in [2.05, 4.69) is 10.0 Å². The van der Waals surface area contributed by atoms with Gasteiger partial charge in [0.25, 0.3) is 0 Å². The van der Waals surface area contributed by atoms with Crippen molar-refractivity contribution in [2.75, 3.05) is 4.72 Å². The molecule has 1 aromatic heterocycles. The lowest BCUT2D eigenvalue weighted by Gasteiger charge is -2.22. The molecule has 0 bridgehead atoms. The van der Waals surface area contributed by atoms with E-state index in [9.17, 15) is 22.8 Å². The van der Waals surface area contributed by atoms with Gasteiger partial charge in [-0.1, -0.05) is 30.3 Å². The van der Waals surface area contributed by atoms with Crippen LogP contribution in [0.15, 0.2) is 53.3 Å². The van der Waals surface area contributed by atoms with Crippen molar-refractivity contribution < 1.29 is 18.0 Å². The van der Waals surface area contributed by atoms with Crippen LogP contribution in [-0.4, -0.2) is 29.4 Å². The normalized spacial score (nSPS) is 17.2. The van der Waals surface area contributed by atoms with Crippen LogP contribution >= 0.6 is 0 Å². The van der Waals surface area contributed by atoms with Crippen LogP contribution in [0.4, 0.5) is 5.69 Å². The zero-order chi connectivity index (χ0) is 21.5. The number of benzene rings is 2. The van der Waals surface area contributed by atoms with E-state index < -0.39 is 27.7 Å². The Morgan fingerprint density at radius 1 is 1.07 bits per heavy atom. The predicted molar refractivity (Wildman–Crippen MR) is 111 cm³/mol. The van der Waals surface area contributed by atoms with Gasteiger partial charge in [-0.3, -0.25) is 28.8 Å². The van der Waals surface area contributed by atoms with E-state index in [1.54, 1.807) is 49.5 Å². The molecule has 4 rings (SSSR count). The molecule has 1 unspecified atom stereocenters. The van der Waals surface area contributed by atoms with Crippen molar-refractivity contribution >= 4 is 38.6 Å². The molecule has 0 spiro atoms. The van der Waals surface area contributed by atoms with E-state index in [1.165, 1.54) is 15.2 Å². The smallest absolute Gasteiger partial charge is 0.295 e. The minimum atomic E-state index is -3.68. The number of anilines is 1. The average molecular weight is 428 g/mol. The summed E-state index contributed by atoms with van der Waals surface area (Å²) in [5.74, 6) is -1.12. The van der Waals surface area contributed by atoms with Crippen LogP contribution in [-0.2, 0) is 32.4 Å². The molecule has 0 saturated carbocycles. The number of aromatic nitrogens is 2. The van der Waals surface area contributed by atoms with Gasteiger partial charge in [-0.2, -0.15) is 0 Å². The highest BCUT2D eigenvalue weighted by atomic mass is 32.2. The van der Waals surface area contributed by atoms with E-state index in [1.807, 2.05) is 0 Å². The van der Waals surface area contributed by atoms with Crippen LogP contribution in [0.2, 0.25) is 0 Å². The molecule has 10 heteroatoms. The van der Waals surface area contributed by atoms with E-state index in [-0.39, 0.29) is 30.2 Å². The number of hydrogen-bond acceptors (Lipinski definition) is 5. The van der Waals surface area contributed by atoms with Crippen LogP contribution in [0.1, 0.15) is 24.4 Å². The topological polar surface area (TPSA) is 119 Å². The summed E-state index contributed by atoms with van der Waals surface area (Å²) in [5, 5.41) is 2.25. The highest BCUT2D eigenvalue weighted by Gasteiger charge is 2.31. The molecule has 2 N–H and O–H groups in total. The van der Waals surface area contributed by atoms with Gasteiger partial charge in [0, 0.05) is 13.5 Å². The van der Waals surface area contributed by atoms with Crippen molar-refractivity contribution in [2.45, 2.75) is 24.6 Å². The summed E-state index contributed by atoms with van der Waals surface area (Å²) in [6.07, 6.45) is 0.330. The number of piperidine rings is 1. The minimum absolute atomic E-state index is 0.128. The molecule has 30 heavy (non-hydrogen) atoms. The Bertz CT molecular complexity index is 1310. The summed E-state index contributed by atoms with van der Waals surface area (Å²) >= 11 is 0. The maximum Gasteiger partial charge on any atom is 0.329 e. The summed E-state index contributed by atoms with van der Waals surface area (Å²) < 4.78 is 30.4. The molecule has 2 heterocycles. The highest BCUT2D eigenvalue weighted by Crippen LogP contribution is 2.25. The van der Waals surface area contributed by atoms with Gasteiger partial charge in [-0.25, -0.2) is 13.2 Å². The first kappa shape index (κ1) is 19.9. The zero-order valence-corrected chi connectivity index (χ0v) is 17.0. The van der Waals surface area contributed by atoms with Gasteiger partial charge in [-0.05, 0) is 30.2 Å². The van der Waals surface area contributed by atoms with Gasteiger partial charge in [0.05, 0.1) is 22.5 Å². The van der Waals surface area contributed by atoms with Crippen molar-refractivity contribution in [3.05, 3.63) is 64.6 Å². The minimum Gasteiger partial charge on any atom is -0.295 e. The number of aryl methyl sites for hydroxylation is 1. The molecule has 1 fully saturated rings. The standard InChI is InChI=1S/C20H20N4O5S/c1-23-15-8-7-14(22-30(28,29)12-13-5-3-2-4-6-13)11-17(15)24(20(23)27)16-9-10-18(25)21-19(16)26/h2-8,11,16,22H,9-10,12H2,1H3,(H,21,25,26). The lowest BCUT2D eigenvalue weighted by Crippen LogP contribution is -2.44. The van der Waals surface area contributed by atoms with Crippen LogP contribution in [0, 0.1) is 0 Å². The molecule has 1 saturated heterocycles. The Hall–Kier alpha value is -3.40. The molecule has 0 aliphatic carbocycles. The molecule has 9 nitrogen and oxygen atoms in total. The number of nitrogens with zero attached hydrogens (tertiary/aromatic N) is 2. The molecule has 3 aromatic rings. The number of carbonyl (C=O) groups excluding carboxylic acids is 2. The van der Waals surface area contributed by atoms with Crippen molar-refractivity contribution in [1.82, 2.24) is 14.5 Å². The van der Waals surface area contributed by atoms with Gasteiger partial charge in [-0.15, -0.1) is 0 Å². The third kappa shape index (κ3) is 3.73. The maximum absolute atomic E-state index is 12.8. The quantitative estimate of drug-likeness (QED) is 0.593. The number of rotatable bonds is 5. The fraction of sp³-hybridized carbons (Fsp3) is 0.250. The number of imidazole rings is 1. The van der Waals surface area contributed by atoms with Gasteiger partial charge >= 0.3 is 5.69 Å². The van der Waals surface area contributed by atoms with Crippen molar-refractivity contribution in [1.29, 1.82) is 0 Å². The lowest BCUT2D eigenvalue weighted by molar-refractivity contribution is -0.135. The largest absolute Gasteiger partial charge is 0.329 e. The molecule has 2 amide bonds. The molecule has 156 valence electrons. The van der Waals surface area contributed by atoms with E-state index in [0.29, 0.717) is 16.6 Å². The summed E-state index contributed by atoms with van der Waals surface area (Å²) in [5.41, 5.74) is 1.48. The Kier molecular flexibility index (Phi) is 4.94. The molecule has 1 aliphatic rings. The summed E-state index contributed by atoms with van der Waals surface area (Å²) in [7, 11) is -2.11. The molecule has 0 radical (unpaired) electrons. The van der Waals surface area contributed by atoms with Crippen LogP contribution in [0.5, 0.6) is 0 Å². The number of carbonyl (C=O) groups is 2. The molecular weight excluding hydrogens is 408 g/mol. The number of imide groups is 1. The number of sulfonamides is 1.